The maximum absolute atomic E-state index is 6.45. The lowest BCUT2D eigenvalue weighted by molar-refractivity contribution is -0.0570. The van der Waals surface area contributed by atoms with Crippen LogP contribution in [0.4, 0.5) is 34.1 Å². The normalized spacial score (nSPS) is 22.9. The minimum atomic E-state index is -0.0747. The highest BCUT2D eigenvalue weighted by Gasteiger charge is 2.66. The first kappa shape index (κ1) is 69.1. The van der Waals surface area contributed by atoms with E-state index in [1.54, 1.807) is 16.7 Å². The topological polar surface area (TPSA) is 19.6 Å². The number of benzene rings is 16. The van der Waals surface area contributed by atoms with E-state index in [0.29, 0.717) is 41.4 Å². The summed E-state index contributed by atoms with van der Waals surface area (Å²) >= 11 is 1.89. The molecule has 9 aliphatic rings. The van der Waals surface area contributed by atoms with Crippen LogP contribution < -0.4 is 9.80 Å². The van der Waals surface area contributed by atoms with Crippen molar-refractivity contribution in [1.82, 2.24) is 0 Å². The predicted octanol–water partition coefficient (Wildman–Crippen LogP) is 31.7. The van der Waals surface area contributed by atoms with Gasteiger partial charge in [0.15, 0.2) is 0 Å². The van der Waals surface area contributed by atoms with Crippen LogP contribution in [-0.2, 0) is 10.8 Å². The first-order chi connectivity index (χ1) is 59.5. The summed E-state index contributed by atoms with van der Waals surface area (Å²) in [6.45, 7) is 0. The second-order valence-corrected chi connectivity index (χ2v) is 37.4. The Morgan fingerprint density at radius 2 is 0.742 bits per heavy atom. The fourth-order valence-corrected chi connectivity index (χ4v) is 27.9. The minimum Gasteiger partial charge on any atom is -0.456 e. The van der Waals surface area contributed by atoms with Gasteiger partial charge in [-0.1, -0.05) is 285 Å². The SMILES string of the molecule is c1ccc(-c2cccc(N(c3ccc(-c4ccccc4-c4cccc5oc6ccccc6c45)cc3)c3cccc4c3-c3ccccc3C43[C@H]4CC5C[C@H]3C[C@@H](C4)C5c3cccc(-c4ccc(N(c5ccc(-c6ccccc6-c6cccc7sc8ccccc8c67)cc5)c5cccc6c5-c5ccccc5C65[C@H]6CCC7C[C@@H](C6)C[C@H]75)cc4)c3)c2)cc1. The highest BCUT2D eigenvalue weighted by Crippen LogP contribution is 2.75. The van der Waals surface area contributed by atoms with Gasteiger partial charge in [0.05, 0.1) is 11.4 Å². The number of fused-ring (bicyclic) bond motifs is 13. The molecule has 0 saturated heterocycles. The smallest absolute Gasteiger partial charge is 0.136 e. The summed E-state index contributed by atoms with van der Waals surface area (Å²) in [4.78, 5) is 5.20. The van der Waals surface area contributed by atoms with E-state index in [4.69, 9.17) is 4.42 Å². The fourth-order valence-electron chi connectivity index (χ4n) is 26.8. The third-order valence-electron chi connectivity index (χ3n) is 31.0. The average molecular weight is 1560 g/mol. The van der Waals surface area contributed by atoms with Crippen molar-refractivity contribution in [2.45, 2.75) is 74.5 Å². The molecule has 7 bridgehead atoms. The van der Waals surface area contributed by atoms with E-state index < -0.39 is 0 Å². The van der Waals surface area contributed by atoms with Gasteiger partial charge in [-0.25, -0.2) is 0 Å². The van der Waals surface area contributed by atoms with Gasteiger partial charge in [-0.05, 0) is 302 Å². The summed E-state index contributed by atoms with van der Waals surface area (Å²) < 4.78 is 9.11. The molecule has 7 fully saturated rings. The molecule has 18 aromatic rings. The highest BCUT2D eigenvalue weighted by molar-refractivity contribution is 7.26. The lowest BCUT2D eigenvalue weighted by Gasteiger charge is -2.63. The monoisotopic (exact) mass is 1560 g/mol. The van der Waals surface area contributed by atoms with E-state index >= 15 is 0 Å². The van der Waals surface area contributed by atoms with Gasteiger partial charge >= 0.3 is 0 Å². The first-order valence-electron chi connectivity index (χ1n) is 44.1. The summed E-state index contributed by atoms with van der Waals surface area (Å²) in [7, 11) is 0. The van der Waals surface area contributed by atoms with Crippen LogP contribution in [0.3, 0.4) is 0 Å². The van der Waals surface area contributed by atoms with Gasteiger partial charge in [-0.3, -0.25) is 0 Å². The lowest BCUT2D eigenvalue weighted by atomic mass is 9.40. The quantitative estimate of drug-likeness (QED) is 0.115. The Morgan fingerprint density at radius 1 is 0.275 bits per heavy atom. The first-order valence-corrected chi connectivity index (χ1v) is 44.9. The van der Waals surface area contributed by atoms with Crippen LogP contribution in [0.5, 0.6) is 0 Å². The Bertz CT molecular complexity index is 7160. The van der Waals surface area contributed by atoms with E-state index in [2.05, 4.69) is 380 Å². The Kier molecular flexibility index (Phi) is 15.5. The summed E-state index contributed by atoms with van der Waals surface area (Å²) in [5.74, 6) is 5.86. The molecule has 4 heteroatoms. The van der Waals surface area contributed by atoms with Crippen LogP contribution in [0, 0.1) is 47.3 Å². The van der Waals surface area contributed by atoms with E-state index in [9.17, 15) is 0 Å². The van der Waals surface area contributed by atoms with Crippen molar-refractivity contribution in [1.29, 1.82) is 0 Å². The lowest BCUT2D eigenvalue weighted by Crippen LogP contribution is -2.57. The number of hydrogen-bond acceptors (Lipinski definition) is 4. The number of anilines is 6. The molecule has 0 amide bonds. The Morgan fingerprint density at radius 3 is 1.41 bits per heavy atom. The van der Waals surface area contributed by atoms with Crippen molar-refractivity contribution in [3.63, 3.8) is 0 Å². The van der Waals surface area contributed by atoms with Crippen LogP contribution in [-0.4, -0.2) is 0 Å². The Hall–Kier alpha value is -12.9. The highest BCUT2D eigenvalue weighted by atomic mass is 32.1. The molecule has 2 heterocycles. The number of thiophene rings is 1. The standard InChI is InChI=1S/C116H88N2OS/c1-2-22-72(23-3-1)77-25-17-27-88(70-77)118(87-60-53-74(54-61-87)89-28-4-6-30-91(89)93-36-18-45-107-111(93)97-34-10-14-44-106(97)119-107)105-43-20-40-101-113(105)95-32-8-12-38-99(95)115(101)83-66-80-67-84(115)69-81(68-83)110(80)79-26-16-24-76(65-79)73-49-56-85(57-50-73)117(104-42-21-41-102-114(104)96-33-9-13-39-100(96)116(102)82-55-48-78-62-71(63-82)64-103(78)116)86-58-51-75(52-59-86)90-29-5-7-31-92(90)94-37-19-47-109-112(94)98-35-11-15-46-108(98)120-109/h1-47,49-54,56-61,65,70-71,78,80-84,103,110H,48,55,62-64,66-69H2/t71-,78?,80-,81?,82-,83+,84+,103+,110?,115?,116?/m0/s1. The molecule has 0 aliphatic heterocycles. The molecule has 27 rings (SSSR count). The van der Waals surface area contributed by atoms with Crippen molar-refractivity contribution < 1.29 is 4.42 Å². The molecular weight excluding hydrogens is 1470 g/mol. The zero-order chi connectivity index (χ0) is 78.5. The van der Waals surface area contributed by atoms with E-state index in [1.807, 2.05) is 11.3 Å². The largest absolute Gasteiger partial charge is 0.456 e. The van der Waals surface area contributed by atoms with E-state index in [1.165, 1.54) is 201 Å². The van der Waals surface area contributed by atoms with Crippen LogP contribution >= 0.6 is 11.3 Å². The molecule has 0 N–H and O–H groups in total. The van der Waals surface area contributed by atoms with Gasteiger partial charge in [-0.2, -0.15) is 0 Å². The van der Waals surface area contributed by atoms with Crippen molar-refractivity contribution in [3.05, 3.63) is 398 Å². The summed E-state index contributed by atoms with van der Waals surface area (Å²) in [6.07, 6.45) is 11.8. The number of rotatable bonds is 13. The molecule has 2 unspecified atom stereocenters. The van der Waals surface area contributed by atoms with Crippen molar-refractivity contribution in [2.75, 3.05) is 9.80 Å². The summed E-state index contributed by atoms with van der Waals surface area (Å²) in [5.41, 5.74) is 37.2. The molecule has 574 valence electrons. The Labute approximate surface area is 705 Å². The van der Waals surface area contributed by atoms with Crippen molar-refractivity contribution in [2.24, 2.45) is 47.3 Å². The van der Waals surface area contributed by atoms with Crippen molar-refractivity contribution >= 4 is 87.6 Å². The molecule has 9 aliphatic carbocycles. The number of para-hydroxylation sites is 1. The third-order valence-corrected chi connectivity index (χ3v) is 32.1. The van der Waals surface area contributed by atoms with Gasteiger partial charge in [0.25, 0.3) is 0 Å². The summed E-state index contributed by atoms with van der Waals surface area (Å²) in [6, 6.07) is 142. The molecule has 2 spiro atoms. The average Bonchev–Trinajstić information content (AvgIpc) is 1.48. The zero-order valence-electron chi connectivity index (χ0n) is 67.0. The number of furan rings is 1. The summed E-state index contributed by atoms with van der Waals surface area (Å²) in [5, 5.41) is 4.96. The molecule has 120 heavy (non-hydrogen) atoms. The number of nitrogens with zero attached hydrogens (tertiary/aromatic N) is 2. The van der Waals surface area contributed by atoms with E-state index in [-0.39, 0.29) is 10.8 Å². The van der Waals surface area contributed by atoms with Gasteiger partial charge in [0.2, 0.25) is 0 Å². The predicted molar refractivity (Wildman–Crippen MR) is 500 cm³/mol. The van der Waals surface area contributed by atoms with Crippen LogP contribution in [0.2, 0.25) is 0 Å². The van der Waals surface area contributed by atoms with Gasteiger partial charge < -0.3 is 14.2 Å². The maximum atomic E-state index is 6.45. The van der Waals surface area contributed by atoms with Gasteiger partial charge in [0.1, 0.15) is 11.2 Å². The molecule has 3 nitrogen and oxygen atoms in total. The molecule has 0 radical (unpaired) electrons. The van der Waals surface area contributed by atoms with E-state index in [0.717, 1.165) is 45.1 Å². The van der Waals surface area contributed by atoms with Crippen LogP contribution in [0.25, 0.3) is 131 Å². The molecule has 16 aromatic carbocycles. The fraction of sp³-hybridized carbons (Fsp3) is 0.172. The number of hydrogen-bond donors (Lipinski definition) is 0. The second-order valence-electron chi connectivity index (χ2n) is 36.3. The second kappa shape index (κ2) is 26.8. The van der Waals surface area contributed by atoms with Gasteiger partial charge in [-0.15, -0.1) is 11.3 Å². The molecular formula is C116H88N2OS. The Balaban J connectivity index is 0.538. The van der Waals surface area contributed by atoms with Crippen LogP contribution in [0.1, 0.15) is 91.5 Å². The third kappa shape index (κ3) is 10.1. The molecule has 5 atom stereocenters. The molecule has 7 saturated carbocycles. The van der Waals surface area contributed by atoms with Crippen LogP contribution in [0.15, 0.2) is 374 Å². The van der Waals surface area contributed by atoms with Crippen molar-refractivity contribution in [3.8, 4) is 89.0 Å². The maximum Gasteiger partial charge on any atom is 0.136 e. The minimum absolute atomic E-state index is 0.0561. The van der Waals surface area contributed by atoms with Gasteiger partial charge in [0, 0.05) is 75.7 Å². The zero-order valence-corrected chi connectivity index (χ0v) is 67.8. The molecule has 2 aromatic heterocycles.